The Bertz CT molecular complexity index is 4020. The molecule has 0 N–H and O–H groups in total. The predicted molar refractivity (Wildman–Crippen MR) is 306 cm³/mol. The highest BCUT2D eigenvalue weighted by Crippen LogP contribution is 2.43. The molecule has 1 heterocycles. The quantitative estimate of drug-likeness (QED) is 0.133. The van der Waals surface area contributed by atoms with Crippen LogP contribution in [0.25, 0.3) is 105 Å². The van der Waals surface area contributed by atoms with E-state index in [0.29, 0.717) is 0 Å². The average molecular weight is 917 g/mol. The number of aromatic nitrogens is 1. The first-order valence-electron chi connectivity index (χ1n) is 24.7. The summed E-state index contributed by atoms with van der Waals surface area (Å²) in [6, 6.07) is 106. The van der Waals surface area contributed by atoms with Gasteiger partial charge in [0, 0.05) is 33.3 Å². The Balaban J connectivity index is 0.857. The summed E-state index contributed by atoms with van der Waals surface area (Å²) in [4.78, 5) is 2.40. The standard InChI is InChI=1S/C70H48N2/c1-2-16-49(17-3-1)57-21-15-23-60(48-57)64-25-7-10-28-67(64)71(62-44-40-53(41-45-62)56-20-14-22-58(46-56)59-37-34-50-18-4-5-19-55(50)47-59)61-42-38-52(39-43-61)51-32-35-54(36-33-51)63-24-6-11-29-68(63)72-69-30-12-8-26-65(69)66-27-9-13-31-70(66)72/h1-48H. The van der Waals surface area contributed by atoms with Crippen molar-refractivity contribution in [1.82, 2.24) is 4.57 Å². The third-order valence-corrected chi connectivity index (χ3v) is 14.2. The van der Waals surface area contributed by atoms with Crippen molar-refractivity contribution in [2.24, 2.45) is 0 Å². The molecule has 0 bridgehead atoms. The SMILES string of the molecule is c1ccc(-c2cccc(-c3ccccc3N(c3ccc(-c4ccc(-c5ccccc5-n5c6ccccc6c6ccccc65)cc4)cc3)c3ccc(-c4cccc(-c5ccc6ccccc6c5)c4)cc3)c2)cc1. The van der Waals surface area contributed by atoms with E-state index in [1.807, 2.05) is 0 Å². The number of para-hydroxylation sites is 4. The predicted octanol–water partition coefficient (Wildman–Crippen LogP) is 19.4. The normalized spacial score (nSPS) is 11.3. The van der Waals surface area contributed by atoms with E-state index in [1.54, 1.807) is 0 Å². The van der Waals surface area contributed by atoms with Gasteiger partial charge in [0.2, 0.25) is 0 Å². The molecule has 12 aromatic carbocycles. The molecule has 0 aliphatic carbocycles. The lowest BCUT2D eigenvalue weighted by molar-refractivity contribution is 1.18. The molecule has 0 saturated carbocycles. The largest absolute Gasteiger partial charge is 0.310 e. The van der Waals surface area contributed by atoms with E-state index in [1.165, 1.54) is 88.3 Å². The van der Waals surface area contributed by atoms with Gasteiger partial charge in [-0.1, -0.05) is 224 Å². The molecule has 0 amide bonds. The Morgan fingerprint density at radius 3 is 1.32 bits per heavy atom. The molecule has 0 radical (unpaired) electrons. The molecular weight excluding hydrogens is 869 g/mol. The summed E-state index contributed by atoms with van der Waals surface area (Å²) < 4.78 is 2.41. The van der Waals surface area contributed by atoms with E-state index in [9.17, 15) is 0 Å². The van der Waals surface area contributed by atoms with Crippen LogP contribution in [0.15, 0.2) is 291 Å². The fourth-order valence-corrected chi connectivity index (χ4v) is 10.6. The Labute approximate surface area is 420 Å². The zero-order valence-corrected chi connectivity index (χ0v) is 39.6. The Morgan fingerprint density at radius 2 is 0.653 bits per heavy atom. The zero-order chi connectivity index (χ0) is 47.8. The Hall–Kier alpha value is -9.50. The van der Waals surface area contributed by atoms with Gasteiger partial charge in [0.1, 0.15) is 0 Å². The number of hydrogen-bond acceptors (Lipinski definition) is 1. The Morgan fingerprint density at radius 1 is 0.236 bits per heavy atom. The summed E-state index contributed by atoms with van der Waals surface area (Å²) in [6.45, 7) is 0. The van der Waals surface area contributed by atoms with Crippen molar-refractivity contribution in [3.8, 4) is 72.4 Å². The summed E-state index contributed by atoms with van der Waals surface area (Å²) in [5.74, 6) is 0. The number of rotatable bonds is 10. The van der Waals surface area contributed by atoms with Gasteiger partial charge in [0.15, 0.2) is 0 Å². The lowest BCUT2D eigenvalue weighted by atomic mass is 9.96. The third-order valence-electron chi connectivity index (χ3n) is 14.2. The van der Waals surface area contributed by atoms with Crippen LogP contribution in [0, 0.1) is 0 Å². The summed E-state index contributed by atoms with van der Waals surface area (Å²) in [6.07, 6.45) is 0. The average Bonchev–Trinajstić information content (AvgIpc) is 3.80. The van der Waals surface area contributed by atoms with Crippen LogP contribution in [0.2, 0.25) is 0 Å². The summed E-state index contributed by atoms with van der Waals surface area (Å²) in [5, 5.41) is 5.02. The van der Waals surface area contributed by atoms with E-state index in [4.69, 9.17) is 0 Å². The van der Waals surface area contributed by atoms with Gasteiger partial charge in [-0.3, -0.25) is 0 Å². The van der Waals surface area contributed by atoms with Gasteiger partial charge in [-0.2, -0.15) is 0 Å². The van der Waals surface area contributed by atoms with Gasteiger partial charge >= 0.3 is 0 Å². The minimum absolute atomic E-state index is 1.08. The van der Waals surface area contributed by atoms with Gasteiger partial charge in [-0.05, 0) is 133 Å². The number of fused-ring (bicyclic) bond motifs is 4. The molecule has 13 aromatic rings. The molecule has 0 spiro atoms. The first-order valence-corrected chi connectivity index (χ1v) is 24.7. The van der Waals surface area contributed by atoms with Crippen LogP contribution >= 0.6 is 0 Å². The molecule has 2 nitrogen and oxygen atoms in total. The smallest absolute Gasteiger partial charge is 0.0541 e. The molecular formula is C70H48N2. The topological polar surface area (TPSA) is 8.17 Å². The van der Waals surface area contributed by atoms with Gasteiger partial charge in [0.05, 0.1) is 22.4 Å². The van der Waals surface area contributed by atoms with Crippen molar-refractivity contribution in [3.05, 3.63) is 291 Å². The molecule has 0 aliphatic rings. The highest BCUT2D eigenvalue weighted by molar-refractivity contribution is 6.09. The fourth-order valence-electron chi connectivity index (χ4n) is 10.6. The van der Waals surface area contributed by atoms with Crippen LogP contribution in [0.1, 0.15) is 0 Å². The molecule has 1 aromatic heterocycles. The van der Waals surface area contributed by atoms with Crippen LogP contribution in [-0.2, 0) is 0 Å². The minimum Gasteiger partial charge on any atom is -0.310 e. The highest BCUT2D eigenvalue weighted by atomic mass is 15.1. The lowest BCUT2D eigenvalue weighted by Gasteiger charge is -2.28. The molecule has 0 fully saturated rings. The first kappa shape index (κ1) is 42.6. The molecule has 0 aliphatic heterocycles. The second-order valence-corrected chi connectivity index (χ2v) is 18.5. The maximum Gasteiger partial charge on any atom is 0.0541 e. The number of nitrogens with zero attached hydrogens (tertiary/aromatic N) is 2. The van der Waals surface area contributed by atoms with Crippen molar-refractivity contribution in [1.29, 1.82) is 0 Å². The van der Waals surface area contributed by atoms with Gasteiger partial charge in [-0.25, -0.2) is 0 Å². The number of benzene rings is 12. The zero-order valence-electron chi connectivity index (χ0n) is 39.6. The van der Waals surface area contributed by atoms with Crippen LogP contribution in [0.4, 0.5) is 17.1 Å². The van der Waals surface area contributed by atoms with Gasteiger partial charge in [-0.15, -0.1) is 0 Å². The summed E-state index contributed by atoms with van der Waals surface area (Å²) in [5.41, 5.74) is 21.0. The van der Waals surface area contributed by atoms with Crippen LogP contribution in [0.5, 0.6) is 0 Å². The molecule has 72 heavy (non-hydrogen) atoms. The molecule has 0 unspecified atom stereocenters. The van der Waals surface area contributed by atoms with Crippen molar-refractivity contribution >= 4 is 49.6 Å². The molecule has 2 heteroatoms. The Kier molecular flexibility index (Phi) is 10.9. The minimum atomic E-state index is 1.08. The monoisotopic (exact) mass is 916 g/mol. The number of anilines is 3. The number of hydrogen-bond donors (Lipinski definition) is 0. The van der Waals surface area contributed by atoms with E-state index < -0.39 is 0 Å². The van der Waals surface area contributed by atoms with Gasteiger partial charge in [0.25, 0.3) is 0 Å². The third kappa shape index (κ3) is 7.92. The summed E-state index contributed by atoms with van der Waals surface area (Å²) >= 11 is 0. The van der Waals surface area contributed by atoms with Crippen LogP contribution in [0.3, 0.4) is 0 Å². The highest BCUT2D eigenvalue weighted by Gasteiger charge is 2.19. The van der Waals surface area contributed by atoms with Crippen molar-refractivity contribution in [2.75, 3.05) is 4.90 Å². The van der Waals surface area contributed by atoms with E-state index in [2.05, 4.69) is 301 Å². The molecule has 0 atom stereocenters. The molecule has 0 saturated heterocycles. The van der Waals surface area contributed by atoms with Crippen molar-refractivity contribution in [3.63, 3.8) is 0 Å². The van der Waals surface area contributed by atoms with E-state index >= 15 is 0 Å². The van der Waals surface area contributed by atoms with Crippen molar-refractivity contribution < 1.29 is 0 Å². The fraction of sp³-hybridized carbons (Fsp3) is 0. The van der Waals surface area contributed by atoms with Gasteiger partial charge < -0.3 is 9.47 Å². The van der Waals surface area contributed by atoms with Crippen LogP contribution < -0.4 is 4.90 Å². The second kappa shape index (κ2) is 18.4. The van der Waals surface area contributed by atoms with E-state index in [-0.39, 0.29) is 0 Å². The van der Waals surface area contributed by atoms with E-state index in [0.717, 1.165) is 33.8 Å². The first-order chi connectivity index (χ1) is 35.7. The molecule has 338 valence electrons. The maximum atomic E-state index is 2.41. The second-order valence-electron chi connectivity index (χ2n) is 18.5. The van der Waals surface area contributed by atoms with Crippen LogP contribution in [-0.4, -0.2) is 4.57 Å². The maximum absolute atomic E-state index is 2.41. The van der Waals surface area contributed by atoms with Crippen molar-refractivity contribution in [2.45, 2.75) is 0 Å². The lowest BCUT2D eigenvalue weighted by Crippen LogP contribution is -2.11. The molecule has 13 rings (SSSR count). The summed E-state index contributed by atoms with van der Waals surface area (Å²) in [7, 11) is 0.